The van der Waals surface area contributed by atoms with Crippen molar-refractivity contribution in [2.24, 2.45) is 0 Å². The summed E-state index contributed by atoms with van der Waals surface area (Å²) in [6.07, 6.45) is -1.24. The van der Waals surface area contributed by atoms with Crippen LogP contribution in [0.4, 0.5) is 10.1 Å². The lowest BCUT2D eigenvalue weighted by Gasteiger charge is -2.22. The third-order valence-corrected chi connectivity index (χ3v) is 2.65. The molecule has 4 heteroatoms. The zero-order chi connectivity index (χ0) is 12.1. The summed E-state index contributed by atoms with van der Waals surface area (Å²) in [5.41, 5.74) is 1.11. The summed E-state index contributed by atoms with van der Waals surface area (Å²) < 4.78 is 12.3. The second-order valence-corrected chi connectivity index (χ2v) is 3.59. The molecule has 0 aliphatic carbocycles. The van der Waals surface area contributed by atoms with Gasteiger partial charge < -0.3 is 15.1 Å². The lowest BCUT2D eigenvalue weighted by Crippen LogP contribution is -2.21. The van der Waals surface area contributed by atoms with E-state index in [1.54, 1.807) is 18.2 Å². The zero-order valence-electron chi connectivity index (χ0n) is 9.65. The van der Waals surface area contributed by atoms with Crippen LogP contribution in [0.1, 0.15) is 25.5 Å². The molecule has 0 saturated heterocycles. The number of hydrogen-bond acceptors (Lipinski definition) is 3. The molecule has 0 aliphatic heterocycles. The van der Waals surface area contributed by atoms with Gasteiger partial charge >= 0.3 is 0 Å². The van der Waals surface area contributed by atoms with E-state index in [2.05, 4.69) is 4.90 Å². The molecule has 0 spiro atoms. The van der Waals surface area contributed by atoms with Crippen LogP contribution in [0, 0.1) is 0 Å². The van der Waals surface area contributed by atoms with Crippen molar-refractivity contribution < 1.29 is 14.6 Å². The van der Waals surface area contributed by atoms with Gasteiger partial charge in [0.25, 0.3) is 0 Å². The molecule has 0 aliphatic rings. The second-order valence-electron chi connectivity index (χ2n) is 3.59. The Morgan fingerprint density at radius 3 is 2.38 bits per heavy atom. The van der Waals surface area contributed by atoms with E-state index in [4.69, 9.17) is 0 Å². The summed E-state index contributed by atoms with van der Waals surface area (Å²) in [4.78, 5) is 2.06. The van der Waals surface area contributed by atoms with Gasteiger partial charge in [0.15, 0.2) is 0 Å². The zero-order valence-corrected chi connectivity index (χ0v) is 9.65. The van der Waals surface area contributed by atoms with Gasteiger partial charge in [-0.15, -0.1) is 0 Å². The Hall–Kier alpha value is -1.29. The van der Waals surface area contributed by atoms with Gasteiger partial charge in [-0.2, -0.15) is 0 Å². The lowest BCUT2D eigenvalue weighted by molar-refractivity contribution is 0.138. The van der Waals surface area contributed by atoms with Crippen LogP contribution in [0.2, 0.25) is 0 Å². The molecule has 1 unspecified atom stereocenters. The average Bonchev–Trinajstić information content (AvgIpc) is 2.30. The molecule has 2 N–H and O–H groups in total. The number of rotatable bonds is 5. The summed E-state index contributed by atoms with van der Waals surface area (Å²) in [5, 5.41) is 19.0. The van der Waals surface area contributed by atoms with E-state index in [-0.39, 0.29) is 11.3 Å². The summed E-state index contributed by atoms with van der Waals surface area (Å²) >= 11 is 0. The van der Waals surface area contributed by atoms with Gasteiger partial charge in [-0.1, -0.05) is 6.07 Å². The van der Waals surface area contributed by atoms with E-state index in [9.17, 15) is 14.6 Å². The first-order chi connectivity index (χ1) is 7.63. The van der Waals surface area contributed by atoms with Crippen LogP contribution < -0.4 is 4.90 Å². The van der Waals surface area contributed by atoms with Crippen molar-refractivity contribution in [2.75, 3.05) is 24.7 Å². The highest BCUT2D eigenvalue weighted by Crippen LogP contribution is 2.29. The van der Waals surface area contributed by atoms with Gasteiger partial charge in [0.05, 0.1) is 0 Å². The van der Waals surface area contributed by atoms with E-state index in [0.717, 1.165) is 18.8 Å². The predicted octanol–water partition coefficient (Wildman–Crippen LogP) is 2.24. The number of benzene rings is 1. The first kappa shape index (κ1) is 12.8. The third-order valence-electron chi connectivity index (χ3n) is 2.65. The maximum Gasteiger partial charge on any atom is 0.123 e. The average molecular weight is 227 g/mol. The molecule has 90 valence electrons. The van der Waals surface area contributed by atoms with E-state index in [0.29, 0.717) is 0 Å². The normalized spacial score (nSPS) is 12.5. The molecule has 1 aromatic carbocycles. The molecule has 0 bridgehead atoms. The van der Waals surface area contributed by atoms with Crippen molar-refractivity contribution in [1.82, 2.24) is 0 Å². The molecular weight excluding hydrogens is 209 g/mol. The molecule has 1 atom stereocenters. The Labute approximate surface area is 95.1 Å². The van der Waals surface area contributed by atoms with Crippen LogP contribution in [-0.2, 0) is 0 Å². The highest BCUT2D eigenvalue weighted by atomic mass is 19.1. The smallest absolute Gasteiger partial charge is 0.123 e. The summed E-state index contributed by atoms with van der Waals surface area (Å²) in [6.45, 7) is 4.82. The molecule has 0 radical (unpaired) electrons. The number of aromatic hydroxyl groups is 1. The Morgan fingerprint density at radius 1 is 1.31 bits per heavy atom. The topological polar surface area (TPSA) is 43.7 Å². The Kier molecular flexibility index (Phi) is 4.55. The molecule has 0 aromatic heterocycles. The fraction of sp³-hybridized carbons (Fsp3) is 0.500. The quantitative estimate of drug-likeness (QED) is 0.810. The van der Waals surface area contributed by atoms with Gasteiger partial charge in [-0.3, -0.25) is 0 Å². The van der Waals surface area contributed by atoms with Gasteiger partial charge in [0.2, 0.25) is 0 Å². The highest BCUT2D eigenvalue weighted by molar-refractivity contribution is 5.53. The van der Waals surface area contributed by atoms with Crippen molar-refractivity contribution in [1.29, 1.82) is 0 Å². The first-order valence-electron chi connectivity index (χ1n) is 5.45. The number of halogens is 1. The van der Waals surface area contributed by atoms with Gasteiger partial charge in [-0.05, 0) is 19.9 Å². The summed E-state index contributed by atoms with van der Waals surface area (Å²) in [6, 6.07) is 4.90. The van der Waals surface area contributed by atoms with Crippen LogP contribution >= 0.6 is 0 Å². The minimum atomic E-state index is -1.24. The lowest BCUT2D eigenvalue weighted by atomic mass is 10.1. The minimum absolute atomic E-state index is 0.0606. The largest absolute Gasteiger partial charge is 0.507 e. The second kappa shape index (κ2) is 5.70. The maximum absolute atomic E-state index is 12.3. The standard InChI is InChI=1S/C12H18FNO2/c1-3-14(4-2)9-5-6-10(11(15)7-9)12(16)8-13/h5-7,12,15-16H,3-4,8H2,1-2H3. The van der Waals surface area contributed by atoms with Gasteiger partial charge in [-0.25, -0.2) is 4.39 Å². The maximum atomic E-state index is 12.3. The molecule has 0 saturated carbocycles. The molecule has 1 aromatic rings. The number of aliphatic hydroxyl groups is 1. The molecule has 0 amide bonds. The van der Waals surface area contributed by atoms with Crippen LogP contribution in [0.25, 0.3) is 0 Å². The van der Waals surface area contributed by atoms with Crippen LogP contribution in [-0.4, -0.2) is 30.0 Å². The van der Waals surface area contributed by atoms with Crippen molar-refractivity contribution in [3.05, 3.63) is 23.8 Å². The highest BCUT2D eigenvalue weighted by Gasteiger charge is 2.13. The SMILES string of the molecule is CCN(CC)c1ccc(C(O)CF)c(O)c1. The van der Waals surface area contributed by atoms with Crippen molar-refractivity contribution in [2.45, 2.75) is 20.0 Å². The Balaban J connectivity index is 2.98. The fourth-order valence-electron chi connectivity index (χ4n) is 1.68. The minimum Gasteiger partial charge on any atom is -0.507 e. The van der Waals surface area contributed by atoms with Gasteiger partial charge in [0.1, 0.15) is 18.5 Å². The van der Waals surface area contributed by atoms with E-state index in [1.807, 2.05) is 13.8 Å². The number of anilines is 1. The molecular formula is C12H18FNO2. The molecule has 0 heterocycles. The fourth-order valence-corrected chi connectivity index (χ4v) is 1.68. The number of phenols is 1. The third kappa shape index (κ3) is 2.64. The van der Waals surface area contributed by atoms with Crippen LogP contribution in [0.3, 0.4) is 0 Å². The Bertz CT molecular complexity index is 340. The number of aliphatic hydroxyl groups excluding tert-OH is 1. The summed E-state index contributed by atoms with van der Waals surface area (Å²) in [5.74, 6) is -0.0606. The van der Waals surface area contributed by atoms with E-state index in [1.165, 1.54) is 0 Å². The van der Waals surface area contributed by atoms with Crippen molar-refractivity contribution >= 4 is 5.69 Å². The van der Waals surface area contributed by atoms with E-state index < -0.39 is 12.8 Å². The van der Waals surface area contributed by atoms with Gasteiger partial charge in [0, 0.05) is 30.4 Å². The molecule has 16 heavy (non-hydrogen) atoms. The molecule has 0 fully saturated rings. The van der Waals surface area contributed by atoms with Crippen molar-refractivity contribution in [3.63, 3.8) is 0 Å². The number of alkyl halides is 1. The summed E-state index contributed by atoms with van der Waals surface area (Å²) in [7, 11) is 0. The molecule has 3 nitrogen and oxygen atoms in total. The number of phenolic OH excluding ortho intramolecular Hbond substituents is 1. The van der Waals surface area contributed by atoms with Crippen molar-refractivity contribution in [3.8, 4) is 5.75 Å². The molecule has 1 rings (SSSR count). The number of nitrogens with zero attached hydrogens (tertiary/aromatic N) is 1. The monoisotopic (exact) mass is 227 g/mol. The van der Waals surface area contributed by atoms with Crippen LogP contribution in [0.15, 0.2) is 18.2 Å². The number of hydrogen-bond donors (Lipinski definition) is 2. The van der Waals surface area contributed by atoms with Crippen LogP contribution in [0.5, 0.6) is 5.75 Å². The van der Waals surface area contributed by atoms with E-state index >= 15 is 0 Å². The predicted molar refractivity (Wildman–Crippen MR) is 62.6 cm³/mol. The first-order valence-corrected chi connectivity index (χ1v) is 5.45. The Morgan fingerprint density at radius 2 is 1.94 bits per heavy atom.